The Bertz CT molecular complexity index is 626. The van der Waals surface area contributed by atoms with Crippen molar-refractivity contribution in [2.24, 2.45) is 0 Å². The molecule has 0 aliphatic heterocycles. The van der Waals surface area contributed by atoms with Crippen LogP contribution in [0.1, 0.15) is 20.8 Å². The van der Waals surface area contributed by atoms with Gasteiger partial charge in [0.05, 0.1) is 11.0 Å². The Labute approximate surface area is 110 Å². The molecule has 2 aromatic rings. The van der Waals surface area contributed by atoms with Crippen LogP contribution in [-0.2, 0) is 9.53 Å². The number of amides is 1. The maximum Gasteiger partial charge on any atom is 0.419 e. The topological polar surface area (TPSA) is 73.2 Å². The fourth-order valence-electron chi connectivity index (χ4n) is 1.63. The first kappa shape index (κ1) is 13.1. The standard InChI is InChI=1S/C13H15N3O3/c1-13(2,3)19-12(18)16-7-6-9-10(16)4-5-11(15-9)14-8-17/h4-8H,1-3H3,(H,14,15,17). The van der Waals surface area contributed by atoms with Crippen LogP contribution in [-0.4, -0.2) is 27.7 Å². The number of aromatic nitrogens is 2. The van der Waals surface area contributed by atoms with Gasteiger partial charge >= 0.3 is 6.09 Å². The lowest BCUT2D eigenvalue weighted by molar-refractivity contribution is -0.105. The molecule has 0 fully saturated rings. The van der Waals surface area contributed by atoms with E-state index < -0.39 is 11.7 Å². The minimum absolute atomic E-state index is 0.435. The van der Waals surface area contributed by atoms with Crippen molar-refractivity contribution < 1.29 is 14.3 Å². The smallest absolute Gasteiger partial charge is 0.419 e. The average Bonchev–Trinajstić information content (AvgIpc) is 2.70. The van der Waals surface area contributed by atoms with E-state index in [-0.39, 0.29) is 0 Å². The van der Waals surface area contributed by atoms with E-state index in [1.54, 1.807) is 45.2 Å². The SMILES string of the molecule is CC(C)(C)OC(=O)n1ccc2nc(NC=O)ccc21. The Hall–Kier alpha value is -2.37. The highest BCUT2D eigenvalue weighted by molar-refractivity contribution is 5.88. The Balaban J connectivity index is 2.35. The van der Waals surface area contributed by atoms with Gasteiger partial charge in [-0.05, 0) is 39.0 Å². The third-order valence-corrected chi connectivity index (χ3v) is 2.34. The minimum atomic E-state index is -0.555. The molecule has 100 valence electrons. The molecule has 0 spiro atoms. The van der Waals surface area contributed by atoms with E-state index in [0.29, 0.717) is 23.3 Å². The highest BCUT2D eigenvalue weighted by Crippen LogP contribution is 2.18. The molecular weight excluding hydrogens is 246 g/mol. The number of carbonyl (C=O) groups excluding carboxylic acids is 2. The van der Waals surface area contributed by atoms with Crippen molar-refractivity contribution in [1.82, 2.24) is 9.55 Å². The molecule has 0 saturated carbocycles. The molecule has 6 heteroatoms. The van der Waals surface area contributed by atoms with E-state index >= 15 is 0 Å². The number of rotatable bonds is 2. The lowest BCUT2D eigenvalue weighted by atomic mass is 10.2. The van der Waals surface area contributed by atoms with Gasteiger partial charge in [-0.3, -0.25) is 9.36 Å². The molecule has 0 aliphatic carbocycles. The molecule has 0 aromatic carbocycles. The predicted octanol–water partition coefficient (Wildman–Crippen LogP) is 2.39. The number of hydrogen-bond acceptors (Lipinski definition) is 4. The summed E-state index contributed by atoms with van der Waals surface area (Å²) in [6, 6.07) is 5.02. The summed E-state index contributed by atoms with van der Waals surface area (Å²) in [5.41, 5.74) is 0.684. The second-order valence-electron chi connectivity index (χ2n) is 5.03. The zero-order valence-corrected chi connectivity index (χ0v) is 11.0. The number of carbonyl (C=O) groups is 2. The largest absolute Gasteiger partial charge is 0.443 e. The summed E-state index contributed by atoms with van der Waals surface area (Å²) in [7, 11) is 0. The molecule has 0 radical (unpaired) electrons. The van der Waals surface area contributed by atoms with Crippen LogP contribution < -0.4 is 5.32 Å². The van der Waals surface area contributed by atoms with Crippen LogP contribution in [0.4, 0.5) is 10.6 Å². The molecule has 0 atom stereocenters. The van der Waals surface area contributed by atoms with E-state index in [1.807, 2.05) is 0 Å². The number of anilines is 1. The summed E-state index contributed by atoms with van der Waals surface area (Å²) in [6.07, 6.45) is 1.69. The molecule has 0 saturated heterocycles. The fourth-order valence-corrected chi connectivity index (χ4v) is 1.63. The summed E-state index contributed by atoms with van der Waals surface area (Å²) in [6.45, 7) is 5.42. The summed E-state index contributed by atoms with van der Waals surface area (Å²) < 4.78 is 6.68. The number of hydrogen-bond donors (Lipinski definition) is 1. The molecule has 2 aromatic heterocycles. The Kier molecular flexibility index (Phi) is 3.25. The van der Waals surface area contributed by atoms with Crippen molar-refractivity contribution in [1.29, 1.82) is 0 Å². The summed E-state index contributed by atoms with van der Waals surface area (Å²) >= 11 is 0. The molecule has 1 N–H and O–H groups in total. The van der Waals surface area contributed by atoms with Crippen LogP contribution in [0.3, 0.4) is 0 Å². The van der Waals surface area contributed by atoms with Gasteiger partial charge in [-0.25, -0.2) is 9.78 Å². The number of nitrogens with zero attached hydrogens (tertiary/aromatic N) is 2. The second-order valence-corrected chi connectivity index (χ2v) is 5.03. The highest BCUT2D eigenvalue weighted by Gasteiger charge is 2.19. The van der Waals surface area contributed by atoms with E-state index in [2.05, 4.69) is 10.3 Å². The molecule has 19 heavy (non-hydrogen) atoms. The van der Waals surface area contributed by atoms with Crippen molar-refractivity contribution in [3.63, 3.8) is 0 Å². The molecule has 1 amide bonds. The third kappa shape index (κ3) is 2.90. The first-order valence-corrected chi connectivity index (χ1v) is 5.82. The first-order valence-electron chi connectivity index (χ1n) is 5.82. The van der Waals surface area contributed by atoms with E-state index in [0.717, 1.165) is 0 Å². The van der Waals surface area contributed by atoms with Crippen molar-refractivity contribution in [3.8, 4) is 0 Å². The number of fused-ring (bicyclic) bond motifs is 1. The number of nitrogens with one attached hydrogen (secondary N) is 1. The molecule has 0 unspecified atom stereocenters. The van der Waals surface area contributed by atoms with Gasteiger partial charge in [0.2, 0.25) is 6.41 Å². The van der Waals surface area contributed by atoms with E-state index in [1.165, 1.54) is 4.57 Å². The Morgan fingerprint density at radius 3 is 2.74 bits per heavy atom. The number of pyridine rings is 1. The van der Waals surface area contributed by atoms with Crippen molar-refractivity contribution in [3.05, 3.63) is 24.4 Å². The average molecular weight is 261 g/mol. The zero-order chi connectivity index (χ0) is 14.0. The fraction of sp³-hybridized carbons (Fsp3) is 0.308. The molecule has 6 nitrogen and oxygen atoms in total. The molecule has 2 heterocycles. The van der Waals surface area contributed by atoms with Gasteiger partial charge in [-0.1, -0.05) is 0 Å². The Morgan fingerprint density at radius 2 is 2.11 bits per heavy atom. The van der Waals surface area contributed by atoms with Gasteiger partial charge in [0.1, 0.15) is 11.4 Å². The van der Waals surface area contributed by atoms with Crippen LogP contribution >= 0.6 is 0 Å². The van der Waals surface area contributed by atoms with Crippen molar-refractivity contribution in [2.75, 3.05) is 5.32 Å². The maximum atomic E-state index is 12.0. The third-order valence-electron chi connectivity index (χ3n) is 2.34. The predicted molar refractivity (Wildman–Crippen MR) is 71.1 cm³/mol. The summed E-state index contributed by atoms with van der Waals surface area (Å²) in [5, 5.41) is 2.46. The van der Waals surface area contributed by atoms with Crippen LogP contribution in [0, 0.1) is 0 Å². The minimum Gasteiger partial charge on any atom is -0.443 e. The Morgan fingerprint density at radius 1 is 1.37 bits per heavy atom. The van der Waals surface area contributed by atoms with Gasteiger partial charge in [0, 0.05) is 6.20 Å². The first-order chi connectivity index (χ1) is 8.90. The van der Waals surface area contributed by atoms with Crippen LogP contribution in [0.5, 0.6) is 0 Å². The lowest BCUT2D eigenvalue weighted by Crippen LogP contribution is -2.26. The van der Waals surface area contributed by atoms with Gasteiger partial charge in [-0.2, -0.15) is 0 Å². The second kappa shape index (κ2) is 4.72. The van der Waals surface area contributed by atoms with E-state index in [9.17, 15) is 9.59 Å². The molecule has 2 rings (SSSR count). The lowest BCUT2D eigenvalue weighted by Gasteiger charge is -2.19. The van der Waals surface area contributed by atoms with Crippen LogP contribution in [0.2, 0.25) is 0 Å². The zero-order valence-electron chi connectivity index (χ0n) is 11.0. The summed E-state index contributed by atoms with van der Waals surface area (Å²) in [4.78, 5) is 26.5. The van der Waals surface area contributed by atoms with Crippen molar-refractivity contribution in [2.45, 2.75) is 26.4 Å². The van der Waals surface area contributed by atoms with E-state index in [4.69, 9.17) is 4.74 Å². The van der Waals surface area contributed by atoms with Gasteiger partial charge < -0.3 is 10.1 Å². The molecular formula is C13H15N3O3. The normalized spacial score (nSPS) is 11.3. The number of ether oxygens (including phenoxy) is 1. The quantitative estimate of drug-likeness (QED) is 0.842. The van der Waals surface area contributed by atoms with Gasteiger partial charge in [0.25, 0.3) is 0 Å². The van der Waals surface area contributed by atoms with Crippen LogP contribution in [0.15, 0.2) is 24.4 Å². The monoisotopic (exact) mass is 261 g/mol. The molecule has 0 bridgehead atoms. The summed E-state index contributed by atoms with van der Waals surface area (Å²) in [5.74, 6) is 0.435. The van der Waals surface area contributed by atoms with Gasteiger partial charge in [0.15, 0.2) is 0 Å². The van der Waals surface area contributed by atoms with Gasteiger partial charge in [-0.15, -0.1) is 0 Å². The maximum absolute atomic E-state index is 12.0. The van der Waals surface area contributed by atoms with Crippen molar-refractivity contribution >= 4 is 29.4 Å². The van der Waals surface area contributed by atoms with Crippen LogP contribution in [0.25, 0.3) is 11.0 Å². The highest BCUT2D eigenvalue weighted by atomic mass is 16.6. The molecule has 0 aliphatic rings.